The number of nitrogens with one attached hydrogen (secondary N) is 1. The molecule has 2 atom stereocenters. The summed E-state index contributed by atoms with van der Waals surface area (Å²) >= 11 is 5.79. The third kappa shape index (κ3) is 8.52. The van der Waals surface area contributed by atoms with Gasteiger partial charge in [0.25, 0.3) is 0 Å². The molecule has 2 unspecified atom stereocenters. The van der Waals surface area contributed by atoms with Crippen LogP contribution in [0.25, 0.3) is 5.57 Å². The monoisotopic (exact) mass is 477 g/mol. The van der Waals surface area contributed by atoms with E-state index in [0.717, 1.165) is 30.4 Å². The zero-order valence-corrected chi connectivity index (χ0v) is 20.8. The number of amides is 1. The standard InChI is InChI=1S/C26H36ClNO5/c1-5-19-10-6-7-11-21(19)20-12-14-26(15-13-20,32-17-9-8-16-27)18-22(23(29)30)28-24(31)33-25(2,3)4/h6-7,10-14,22H,5,8-9,15-18H2,1-4H3,(H,28,31)(H,29,30). The maximum absolute atomic E-state index is 12.2. The number of alkyl carbamates (subject to hydrolysis) is 1. The largest absolute Gasteiger partial charge is 0.480 e. The zero-order chi connectivity index (χ0) is 24.5. The van der Waals surface area contributed by atoms with Crippen LogP contribution in [0.2, 0.25) is 0 Å². The van der Waals surface area contributed by atoms with Gasteiger partial charge in [-0.15, -0.1) is 11.6 Å². The van der Waals surface area contributed by atoms with Gasteiger partial charge < -0.3 is 19.9 Å². The molecule has 2 rings (SSSR count). The van der Waals surface area contributed by atoms with E-state index in [0.29, 0.717) is 18.9 Å². The van der Waals surface area contributed by atoms with Crippen LogP contribution in [-0.4, -0.2) is 46.9 Å². The molecule has 0 aromatic heterocycles. The maximum Gasteiger partial charge on any atom is 0.408 e. The average molecular weight is 478 g/mol. The molecule has 33 heavy (non-hydrogen) atoms. The Bertz CT molecular complexity index is 874. The smallest absolute Gasteiger partial charge is 0.408 e. The van der Waals surface area contributed by atoms with E-state index in [1.54, 1.807) is 20.8 Å². The fourth-order valence-electron chi connectivity index (χ4n) is 3.76. The summed E-state index contributed by atoms with van der Waals surface area (Å²) in [4.78, 5) is 24.2. The molecule has 1 aromatic rings. The number of hydrogen-bond donors (Lipinski definition) is 2. The molecule has 0 saturated carbocycles. The van der Waals surface area contributed by atoms with Crippen molar-refractivity contribution < 1.29 is 24.2 Å². The molecule has 0 bridgehead atoms. The number of halogens is 1. The Hall–Kier alpha value is -2.31. The molecule has 1 aliphatic carbocycles. The molecule has 6 nitrogen and oxygen atoms in total. The van der Waals surface area contributed by atoms with Crippen molar-refractivity contribution in [2.45, 2.75) is 77.0 Å². The molecule has 182 valence electrons. The predicted molar refractivity (Wildman–Crippen MR) is 132 cm³/mol. The summed E-state index contributed by atoms with van der Waals surface area (Å²) in [6, 6.07) is 7.08. The normalized spacial score (nSPS) is 19.0. The quantitative estimate of drug-likeness (QED) is 0.314. The first-order valence-electron chi connectivity index (χ1n) is 11.5. The molecule has 0 spiro atoms. The molecule has 0 aliphatic heterocycles. The van der Waals surface area contributed by atoms with E-state index in [1.165, 1.54) is 5.56 Å². The van der Waals surface area contributed by atoms with Gasteiger partial charge in [0.05, 0.1) is 5.60 Å². The Labute approximate surface area is 202 Å². The van der Waals surface area contributed by atoms with Crippen LogP contribution in [0.15, 0.2) is 42.5 Å². The summed E-state index contributed by atoms with van der Waals surface area (Å²) in [7, 11) is 0. The summed E-state index contributed by atoms with van der Waals surface area (Å²) in [5.74, 6) is -0.591. The van der Waals surface area contributed by atoms with E-state index < -0.39 is 29.3 Å². The van der Waals surface area contributed by atoms with Crippen molar-refractivity contribution in [3.63, 3.8) is 0 Å². The molecule has 1 amide bonds. The third-order valence-electron chi connectivity index (χ3n) is 5.40. The lowest BCUT2D eigenvalue weighted by Crippen LogP contribution is -2.48. The summed E-state index contributed by atoms with van der Waals surface area (Å²) in [6.07, 6.45) is 8.32. The van der Waals surface area contributed by atoms with Crippen LogP contribution in [0, 0.1) is 0 Å². The molecule has 0 fully saturated rings. The number of carbonyl (C=O) groups excluding carboxylic acids is 1. The van der Waals surface area contributed by atoms with Gasteiger partial charge >= 0.3 is 12.1 Å². The number of rotatable bonds is 11. The first-order valence-corrected chi connectivity index (χ1v) is 12.0. The lowest BCUT2D eigenvalue weighted by atomic mass is 9.83. The lowest BCUT2D eigenvalue weighted by molar-refractivity contribution is -0.141. The Morgan fingerprint density at radius 2 is 1.97 bits per heavy atom. The predicted octanol–water partition coefficient (Wildman–Crippen LogP) is 5.73. The van der Waals surface area contributed by atoms with Crippen LogP contribution < -0.4 is 5.32 Å². The van der Waals surface area contributed by atoms with Crippen LogP contribution in [0.3, 0.4) is 0 Å². The van der Waals surface area contributed by atoms with Gasteiger partial charge in [0.15, 0.2) is 0 Å². The fourth-order valence-corrected chi connectivity index (χ4v) is 3.94. The summed E-state index contributed by atoms with van der Waals surface area (Å²) in [6.45, 7) is 7.76. The molecule has 0 saturated heterocycles. The van der Waals surface area contributed by atoms with Gasteiger partial charge in [0.1, 0.15) is 11.6 Å². The minimum atomic E-state index is -1.16. The van der Waals surface area contributed by atoms with Crippen molar-refractivity contribution in [3.05, 3.63) is 53.6 Å². The zero-order valence-electron chi connectivity index (χ0n) is 20.0. The molecule has 1 aromatic carbocycles. The van der Waals surface area contributed by atoms with Crippen molar-refractivity contribution in [2.75, 3.05) is 12.5 Å². The number of alkyl halides is 1. The summed E-state index contributed by atoms with van der Waals surface area (Å²) in [5.41, 5.74) is 1.92. The highest BCUT2D eigenvalue weighted by atomic mass is 35.5. The topological polar surface area (TPSA) is 84.9 Å². The van der Waals surface area contributed by atoms with Crippen LogP contribution in [0.4, 0.5) is 4.79 Å². The van der Waals surface area contributed by atoms with Gasteiger partial charge in [0.2, 0.25) is 0 Å². The van der Waals surface area contributed by atoms with Gasteiger partial charge in [-0.3, -0.25) is 0 Å². The average Bonchev–Trinajstić information content (AvgIpc) is 2.75. The Balaban J connectivity index is 2.23. The number of carboxylic acids is 1. The highest BCUT2D eigenvalue weighted by molar-refractivity contribution is 6.17. The Kier molecular flexibility index (Phi) is 9.99. The minimum Gasteiger partial charge on any atom is -0.480 e. The van der Waals surface area contributed by atoms with Crippen LogP contribution in [0.5, 0.6) is 0 Å². The van der Waals surface area contributed by atoms with E-state index in [1.807, 2.05) is 24.3 Å². The fraction of sp³-hybridized carbons (Fsp3) is 0.538. The van der Waals surface area contributed by atoms with Crippen molar-refractivity contribution in [2.24, 2.45) is 0 Å². The van der Waals surface area contributed by atoms with Crippen molar-refractivity contribution in [1.29, 1.82) is 0 Å². The van der Waals surface area contributed by atoms with E-state index in [9.17, 15) is 14.7 Å². The highest BCUT2D eigenvalue weighted by Gasteiger charge is 2.37. The SMILES string of the molecule is CCc1ccccc1C1=CCC(CC(NC(=O)OC(C)(C)C)C(=O)O)(OCCCCCl)C=C1. The minimum absolute atomic E-state index is 0.0815. The maximum atomic E-state index is 12.2. The molecular weight excluding hydrogens is 442 g/mol. The second-order valence-corrected chi connectivity index (χ2v) is 9.64. The number of unbranched alkanes of at least 4 members (excludes halogenated alkanes) is 1. The van der Waals surface area contributed by atoms with Gasteiger partial charge in [-0.05, 0) is 63.2 Å². The number of hydrogen-bond acceptors (Lipinski definition) is 4. The van der Waals surface area contributed by atoms with Crippen molar-refractivity contribution >= 4 is 29.2 Å². The number of aliphatic carboxylic acids is 1. The van der Waals surface area contributed by atoms with E-state index >= 15 is 0 Å². The summed E-state index contributed by atoms with van der Waals surface area (Å²) < 4.78 is 11.5. The van der Waals surface area contributed by atoms with Crippen LogP contribution in [-0.2, 0) is 20.7 Å². The van der Waals surface area contributed by atoms with E-state index in [-0.39, 0.29) is 6.42 Å². The Morgan fingerprint density at radius 3 is 2.55 bits per heavy atom. The Morgan fingerprint density at radius 1 is 1.24 bits per heavy atom. The van der Waals surface area contributed by atoms with Gasteiger partial charge in [-0.1, -0.05) is 49.4 Å². The molecule has 0 radical (unpaired) electrons. The first kappa shape index (κ1) is 26.9. The third-order valence-corrected chi connectivity index (χ3v) is 5.67. The highest BCUT2D eigenvalue weighted by Crippen LogP contribution is 2.34. The summed E-state index contributed by atoms with van der Waals surface area (Å²) in [5, 5.41) is 12.3. The number of benzene rings is 1. The second-order valence-electron chi connectivity index (χ2n) is 9.26. The number of allylic oxidation sites excluding steroid dienone is 2. The van der Waals surface area contributed by atoms with Crippen LogP contribution >= 0.6 is 11.6 Å². The van der Waals surface area contributed by atoms with Crippen LogP contribution in [0.1, 0.15) is 64.5 Å². The number of carbonyl (C=O) groups is 2. The van der Waals surface area contributed by atoms with Crippen molar-refractivity contribution in [1.82, 2.24) is 5.32 Å². The van der Waals surface area contributed by atoms with Gasteiger partial charge in [-0.2, -0.15) is 0 Å². The van der Waals surface area contributed by atoms with E-state index in [2.05, 4.69) is 30.4 Å². The molecule has 0 heterocycles. The molecular formula is C26H36ClNO5. The van der Waals surface area contributed by atoms with Crippen molar-refractivity contribution in [3.8, 4) is 0 Å². The second kappa shape index (κ2) is 12.2. The van der Waals surface area contributed by atoms with Gasteiger partial charge in [0, 0.05) is 18.9 Å². The van der Waals surface area contributed by atoms with Gasteiger partial charge in [-0.25, -0.2) is 9.59 Å². The lowest BCUT2D eigenvalue weighted by Gasteiger charge is -2.35. The number of ether oxygens (including phenoxy) is 2. The molecule has 1 aliphatic rings. The first-order chi connectivity index (χ1) is 15.6. The molecule has 2 N–H and O–H groups in total. The number of carboxylic acid groups (broad SMARTS) is 1. The number of aryl methyl sites for hydroxylation is 1. The van der Waals surface area contributed by atoms with E-state index in [4.69, 9.17) is 21.1 Å². The molecule has 7 heteroatoms.